The molecule has 264 valence electrons. The number of nitrogens with one attached hydrogen (secondary N) is 1. The zero-order chi connectivity index (χ0) is 35.4. The van der Waals surface area contributed by atoms with Crippen molar-refractivity contribution in [2.45, 2.75) is 103 Å². The monoisotopic (exact) mass is 666 g/mol. The Labute approximate surface area is 283 Å². The fourth-order valence-electron chi connectivity index (χ4n) is 6.71. The summed E-state index contributed by atoms with van der Waals surface area (Å²) < 4.78 is 1.77. The van der Waals surface area contributed by atoms with E-state index in [0.29, 0.717) is 31.7 Å². The number of aromatic hydroxyl groups is 1. The van der Waals surface area contributed by atoms with E-state index in [1.165, 1.54) is 6.42 Å². The Hall–Kier alpha value is -4.26. The number of nitrogens with zero attached hydrogens (tertiary/aromatic N) is 3. The van der Waals surface area contributed by atoms with E-state index < -0.39 is 35.7 Å². The van der Waals surface area contributed by atoms with Gasteiger partial charge >= 0.3 is 0 Å². The molecule has 0 saturated heterocycles. The highest BCUT2D eigenvalue weighted by atomic mass is 16.3. The molecule has 1 aromatic carbocycles. The number of carbonyl (C=O) groups is 4. The number of rotatable bonds is 19. The lowest BCUT2D eigenvalue weighted by Gasteiger charge is -2.27. The van der Waals surface area contributed by atoms with Gasteiger partial charge in [0.2, 0.25) is 11.8 Å². The number of phenols is 1. The highest BCUT2D eigenvalue weighted by Gasteiger charge is 2.33. The smallest absolute Gasteiger partial charge is 0.224 e. The van der Waals surface area contributed by atoms with E-state index in [-0.39, 0.29) is 49.0 Å². The number of nitrogens with two attached hydrogens (primary N) is 4. The molecule has 0 spiro atoms. The molecule has 3 rings (SSSR count). The van der Waals surface area contributed by atoms with Gasteiger partial charge < -0.3 is 37.9 Å². The highest BCUT2D eigenvalue weighted by Crippen LogP contribution is 2.31. The number of phenolic OH excluding ortho intramolecular Hbond substituents is 1. The number of ketones is 2. The average molecular weight is 667 g/mol. The van der Waals surface area contributed by atoms with Gasteiger partial charge in [0.1, 0.15) is 11.5 Å². The highest BCUT2D eigenvalue weighted by molar-refractivity contribution is 5.94. The minimum Gasteiger partial charge on any atom is -0.508 e. The second kappa shape index (κ2) is 18.3. The van der Waals surface area contributed by atoms with E-state index >= 15 is 0 Å². The maximum Gasteiger partial charge on any atom is 0.224 e. The number of imidazole rings is 1. The Kier molecular flexibility index (Phi) is 14.6. The van der Waals surface area contributed by atoms with Crippen LogP contribution in [0.15, 0.2) is 29.6 Å². The van der Waals surface area contributed by atoms with Crippen molar-refractivity contribution < 1.29 is 24.3 Å². The van der Waals surface area contributed by atoms with Gasteiger partial charge in [-0.2, -0.15) is 0 Å². The summed E-state index contributed by atoms with van der Waals surface area (Å²) in [4.78, 5) is 62.0. The zero-order valence-electron chi connectivity index (χ0n) is 28.6. The number of carbonyl (C=O) groups excluding carboxylic acids is 4. The standard InChI is InChI=1S/C35H54N8O5/c1-21-12-27(44)13-22(2)28(21)15-25(17-31(45)29(36)10-7-11-41-35(38)39)34(48)42-30(18-26-19-40-20-43(26)3)32(46)16-24(33(37)47)14-23-8-5-4-6-9-23/h12-13,19-20,23-25,29-30,44H,4-11,14-18,36H2,1-3H3,(H2,37,47)(H,42,48)(H4,38,39,41)/t24-,25-,29-,30+/m1/s1. The Morgan fingerprint density at radius 2 is 1.65 bits per heavy atom. The molecule has 4 atom stereocenters. The summed E-state index contributed by atoms with van der Waals surface area (Å²) in [5.74, 6) is -2.70. The predicted octanol–water partition coefficient (Wildman–Crippen LogP) is 2.00. The van der Waals surface area contributed by atoms with Crippen LogP contribution in [-0.2, 0) is 39.1 Å². The largest absolute Gasteiger partial charge is 0.508 e. The van der Waals surface area contributed by atoms with Crippen molar-refractivity contribution in [3.8, 4) is 5.75 Å². The number of benzene rings is 1. The lowest BCUT2D eigenvalue weighted by molar-refractivity contribution is -0.133. The number of primary amides is 1. The van der Waals surface area contributed by atoms with Crippen molar-refractivity contribution in [3.05, 3.63) is 47.0 Å². The summed E-state index contributed by atoms with van der Waals surface area (Å²) in [6, 6.07) is 1.41. The summed E-state index contributed by atoms with van der Waals surface area (Å²) in [7, 11) is 1.80. The molecule has 1 aliphatic rings. The van der Waals surface area contributed by atoms with Gasteiger partial charge in [-0.15, -0.1) is 0 Å². The fourth-order valence-corrected chi connectivity index (χ4v) is 6.71. The molecular weight excluding hydrogens is 612 g/mol. The molecule has 1 aromatic heterocycles. The third-order valence-electron chi connectivity index (χ3n) is 9.56. The average Bonchev–Trinajstić information content (AvgIpc) is 3.43. The van der Waals surface area contributed by atoms with Gasteiger partial charge in [0.15, 0.2) is 11.7 Å². The van der Waals surface area contributed by atoms with Gasteiger partial charge in [-0.3, -0.25) is 24.2 Å². The molecule has 0 unspecified atom stereocenters. The van der Waals surface area contributed by atoms with Crippen molar-refractivity contribution in [3.63, 3.8) is 0 Å². The van der Waals surface area contributed by atoms with Crippen molar-refractivity contribution in [2.75, 3.05) is 6.54 Å². The second-order valence-electron chi connectivity index (χ2n) is 13.5. The quantitative estimate of drug-likeness (QED) is 0.0730. The molecule has 2 amide bonds. The van der Waals surface area contributed by atoms with E-state index in [1.54, 1.807) is 36.3 Å². The van der Waals surface area contributed by atoms with Crippen molar-refractivity contribution in [1.82, 2.24) is 14.9 Å². The molecule has 0 radical (unpaired) electrons. The third kappa shape index (κ3) is 11.8. The van der Waals surface area contributed by atoms with Crippen LogP contribution >= 0.6 is 0 Å². The van der Waals surface area contributed by atoms with Crippen LogP contribution in [0.25, 0.3) is 0 Å². The molecular formula is C35H54N8O5. The first-order valence-electron chi connectivity index (χ1n) is 16.9. The predicted molar refractivity (Wildman–Crippen MR) is 185 cm³/mol. The summed E-state index contributed by atoms with van der Waals surface area (Å²) in [5.41, 5.74) is 25.9. The molecule has 0 aliphatic heterocycles. The van der Waals surface area contributed by atoms with Crippen LogP contribution in [0, 0.1) is 31.6 Å². The van der Waals surface area contributed by atoms with Crippen LogP contribution in [0.4, 0.5) is 0 Å². The molecule has 10 N–H and O–H groups in total. The van der Waals surface area contributed by atoms with Gasteiger partial charge in [0, 0.05) is 56.6 Å². The number of Topliss-reactive ketones (excluding diaryl/α,β-unsaturated/α-hetero) is 2. The molecule has 1 fully saturated rings. The number of aromatic nitrogens is 2. The van der Waals surface area contributed by atoms with E-state index in [9.17, 15) is 24.3 Å². The lowest BCUT2D eigenvalue weighted by Crippen LogP contribution is -2.47. The molecule has 1 aliphatic carbocycles. The molecule has 48 heavy (non-hydrogen) atoms. The van der Waals surface area contributed by atoms with E-state index in [1.807, 2.05) is 13.8 Å². The Bertz CT molecular complexity index is 1420. The number of aryl methyl sites for hydroxylation is 3. The lowest BCUT2D eigenvalue weighted by atomic mass is 9.80. The number of hydrogen-bond donors (Lipinski definition) is 6. The van der Waals surface area contributed by atoms with Gasteiger partial charge in [-0.05, 0) is 74.3 Å². The van der Waals surface area contributed by atoms with Gasteiger partial charge in [0.25, 0.3) is 0 Å². The Morgan fingerprint density at radius 1 is 1.00 bits per heavy atom. The van der Waals surface area contributed by atoms with E-state index in [4.69, 9.17) is 22.9 Å². The molecule has 0 bridgehead atoms. The van der Waals surface area contributed by atoms with Crippen LogP contribution < -0.4 is 28.3 Å². The first-order chi connectivity index (χ1) is 22.7. The van der Waals surface area contributed by atoms with Gasteiger partial charge in [-0.1, -0.05) is 32.1 Å². The zero-order valence-corrected chi connectivity index (χ0v) is 28.6. The Morgan fingerprint density at radius 3 is 2.23 bits per heavy atom. The summed E-state index contributed by atoms with van der Waals surface area (Å²) in [6.07, 6.45) is 10.1. The molecule has 13 heteroatoms. The molecule has 13 nitrogen and oxygen atoms in total. The number of amides is 2. The maximum atomic E-state index is 14.1. The minimum absolute atomic E-state index is 0.0439. The summed E-state index contributed by atoms with van der Waals surface area (Å²) in [5, 5.41) is 13.0. The van der Waals surface area contributed by atoms with Crippen LogP contribution in [0.2, 0.25) is 0 Å². The van der Waals surface area contributed by atoms with Crippen LogP contribution in [0.1, 0.15) is 86.6 Å². The molecule has 1 saturated carbocycles. The van der Waals surface area contributed by atoms with Crippen molar-refractivity contribution in [2.24, 2.45) is 52.7 Å². The van der Waals surface area contributed by atoms with E-state index in [0.717, 1.165) is 48.1 Å². The van der Waals surface area contributed by atoms with Crippen LogP contribution in [0.3, 0.4) is 0 Å². The number of hydrogen-bond acceptors (Lipinski definition) is 8. The summed E-state index contributed by atoms with van der Waals surface area (Å²) >= 11 is 0. The van der Waals surface area contributed by atoms with Gasteiger partial charge in [-0.25, -0.2) is 4.98 Å². The normalized spacial score (nSPS) is 16.0. The van der Waals surface area contributed by atoms with Gasteiger partial charge in [0.05, 0.1) is 18.4 Å². The van der Waals surface area contributed by atoms with Crippen LogP contribution in [-0.4, -0.2) is 62.6 Å². The second-order valence-corrected chi connectivity index (χ2v) is 13.5. The third-order valence-corrected chi connectivity index (χ3v) is 9.56. The van der Waals surface area contributed by atoms with E-state index in [2.05, 4.69) is 15.3 Å². The minimum atomic E-state index is -0.978. The molecule has 2 aromatic rings. The van der Waals surface area contributed by atoms with Crippen LogP contribution in [0.5, 0.6) is 5.75 Å². The van der Waals surface area contributed by atoms with Crippen molar-refractivity contribution in [1.29, 1.82) is 0 Å². The summed E-state index contributed by atoms with van der Waals surface area (Å²) in [6.45, 7) is 3.99. The first kappa shape index (κ1) is 38.2. The Balaban J connectivity index is 1.86. The maximum absolute atomic E-state index is 14.1. The van der Waals surface area contributed by atoms with Crippen molar-refractivity contribution >= 4 is 29.3 Å². The number of guanidine groups is 1. The topological polar surface area (TPSA) is 235 Å². The SMILES string of the molecule is Cc1cc(O)cc(C)c1C[C@H](CC(=O)[C@H](N)CCCN=C(N)N)C(=O)N[C@@H](Cc1cncn1C)C(=O)C[C@@H](CC1CCCCC1)C(N)=O. The fraction of sp³-hybridized carbons (Fsp3) is 0.600. The first-order valence-corrected chi connectivity index (χ1v) is 16.9. The molecule has 1 heterocycles. The number of aliphatic imine (C=N–C) groups is 1.